The summed E-state index contributed by atoms with van der Waals surface area (Å²) in [6, 6.07) is 7.20. The molecule has 0 spiro atoms. The van der Waals surface area contributed by atoms with Crippen molar-refractivity contribution in [3.8, 4) is 5.75 Å². The minimum absolute atomic E-state index is 0.0337. The summed E-state index contributed by atoms with van der Waals surface area (Å²) >= 11 is 0. The number of carbonyl (C=O) groups is 2. The second-order valence-electron chi connectivity index (χ2n) is 5.71. The Hall–Kier alpha value is -2.30. The molecule has 1 saturated heterocycles. The molecule has 5 heteroatoms. The molecule has 2 amide bonds. The number of ether oxygens (including phenoxy) is 1. The van der Waals surface area contributed by atoms with Crippen molar-refractivity contribution in [2.45, 2.75) is 26.3 Å². The Morgan fingerprint density at radius 1 is 1.41 bits per heavy atom. The first-order chi connectivity index (χ1) is 10.5. The van der Waals surface area contributed by atoms with Crippen molar-refractivity contribution >= 4 is 11.8 Å². The third kappa shape index (κ3) is 4.35. The van der Waals surface area contributed by atoms with Crippen LogP contribution in [0.5, 0.6) is 5.75 Å². The van der Waals surface area contributed by atoms with Crippen molar-refractivity contribution in [2.24, 2.45) is 0 Å². The summed E-state index contributed by atoms with van der Waals surface area (Å²) in [6.07, 6.45) is 0.789. The van der Waals surface area contributed by atoms with Gasteiger partial charge in [0.2, 0.25) is 5.91 Å². The predicted molar refractivity (Wildman–Crippen MR) is 84.9 cm³/mol. The molecule has 1 atom stereocenters. The standard InChI is InChI=1S/C17H22N2O3/c1-12(2)11-22-16-6-4-5-14(9-16)17(21)19-8-7-15(10-19)18-13(3)20/h4-6,9,15H,1,7-8,10-11H2,2-3H3,(H,18,20)/t15-/m0/s1. The van der Waals surface area contributed by atoms with Gasteiger partial charge in [-0.1, -0.05) is 12.6 Å². The number of rotatable bonds is 5. The summed E-state index contributed by atoms with van der Waals surface area (Å²) in [5.74, 6) is 0.564. The lowest BCUT2D eigenvalue weighted by Gasteiger charge is -2.17. The molecule has 1 heterocycles. The normalized spacial score (nSPS) is 17.2. The highest BCUT2D eigenvalue weighted by atomic mass is 16.5. The molecular formula is C17H22N2O3. The van der Waals surface area contributed by atoms with E-state index in [1.54, 1.807) is 17.0 Å². The summed E-state index contributed by atoms with van der Waals surface area (Å²) in [5.41, 5.74) is 1.53. The molecule has 1 aromatic rings. The van der Waals surface area contributed by atoms with Gasteiger partial charge in [-0.25, -0.2) is 0 Å². The fourth-order valence-electron chi connectivity index (χ4n) is 2.46. The van der Waals surface area contributed by atoms with Gasteiger partial charge >= 0.3 is 0 Å². The largest absolute Gasteiger partial charge is 0.489 e. The van der Waals surface area contributed by atoms with Gasteiger partial charge in [-0.2, -0.15) is 0 Å². The lowest BCUT2D eigenvalue weighted by molar-refractivity contribution is -0.119. The first-order valence-corrected chi connectivity index (χ1v) is 7.39. The van der Waals surface area contributed by atoms with Crippen LogP contribution in [-0.4, -0.2) is 42.5 Å². The number of benzene rings is 1. The van der Waals surface area contributed by atoms with E-state index in [9.17, 15) is 9.59 Å². The molecule has 0 saturated carbocycles. The van der Waals surface area contributed by atoms with E-state index in [1.165, 1.54) is 6.92 Å². The van der Waals surface area contributed by atoms with Crippen LogP contribution in [0.4, 0.5) is 0 Å². The molecule has 0 unspecified atom stereocenters. The van der Waals surface area contributed by atoms with Gasteiger partial charge in [-0.15, -0.1) is 0 Å². The van der Waals surface area contributed by atoms with Gasteiger partial charge < -0.3 is 15.0 Å². The van der Waals surface area contributed by atoms with Crippen molar-refractivity contribution < 1.29 is 14.3 Å². The summed E-state index contributed by atoms with van der Waals surface area (Å²) < 4.78 is 5.57. The van der Waals surface area contributed by atoms with E-state index in [4.69, 9.17) is 4.74 Å². The smallest absolute Gasteiger partial charge is 0.254 e. The van der Waals surface area contributed by atoms with Crippen molar-refractivity contribution in [1.82, 2.24) is 10.2 Å². The average Bonchev–Trinajstić information content (AvgIpc) is 2.92. The number of hydrogen-bond acceptors (Lipinski definition) is 3. The zero-order valence-corrected chi connectivity index (χ0v) is 13.1. The molecule has 1 fully saturated rings. The van der Waals surface area contributed by atoms with Gasteiger partial charge in [0.25, 0.3) is 5.91 Å². The molecule has 0 radical (unpaired) electrons. The minimum Gasteiger partial charge on any atom is -0.489 e. The van der Waals surface area contributed by atoms with E-state index < -0.39 is 0 Å². The van der Waals surface area contributed by atoms with Gasteiger partial charge in [0.05, 0.1) is 0 Å². The second kappa shape index (κ2) is 7.11. The average molecular weight is 302 g/mol. The van der Waals surface area contributed by atoms with Crippen LogP contribution in [0.15, 0.2) is 36.4 Å². The van der Waals surface area contributed by atoms with E-state index in [1.807, 2.05) is 19.1 Å². The number of hydrogen-bond donors (Lipinski definition) is 1. The molecule has 22 heavy (non-hydrogen) atoms. The minimum atomic E-state index is -0.0607. The van der Waals surface area contributed by atoms with E-state index in [0.29, 0.717) is 31.0 Å². The Kier molecular flexibility index (Phi) is 5.20. The third-order valence-corrected chi connectivity index (χ3v) is 3.45. The van der Waals surface area contributed by atoms with Gasteiger partial charge in [0.1, 0.15) is 12.4 Å². The first kappa shape index (κ1) is 16.1. The predicted octanol–water partition coefficient (Wildman–Crippen LogP) is 1.99. The lowest BCUT2D eigenvalue weighted by atomic mass is 10.2. The van der Waals surface area contributed by atoms with Crippen molar-refractivity contribution in [2.75, 3.05) is 19.7 Å². The zero-order valence-electron chi connectivity index (χ0n) is 13.1. The fraction of sp³-hybridized carbons (Fsp3) is 0.412. The van der Waals surface area contributed by atoms with Crippen molar-refractivity contribution in [3.05, 3.63) is 42.0 Å². The molecule has 1 aliphatic heterocycles. The van der Waals surface area contributed by atoms with Gasteiger partial charge in [0, 0.05) is 31.6 Å². The monoisotopic (exact) mass is 302 g/mol. The number of likely N-dealkylation sites (tertiary alicyclic amines) is 1. The number of nitrogens with zero attached hydrogens (tertiary/aromatic N) is 1. The van der Waals surface area contributed by atoms with Gasteiger partial charge in [-0.05, 0) is 37.1 Å². The summed E-state index contributed by atoms with van der Waals surface area (Å²) in [6.45, 7) is 8.81. The molecule has 1 N–H and O–H groups in total. The molecule has 5 nitrogen and oxygen atoms in total. The molecular weight excluding hydrogens is 280 g/mol. The Bertz CT molecular complexity index is 583. The Balaban J connectivity index is 1.99. The zero-order chi connectivity index (χ0) is 16.1. The molecule has 2 rings (SSSR count). The Labute approximate surface area is 130 Å². The van der Waals surface area contributed by atoms with Crippen LogP contribution in [0.25, 0.3) is 0 Å². The van der Waals surface area contributed by atoms with Crippen LogP contribution in [0.3, 0.4) is 0 Å². The van der Waals surface area contributed by atoms with E-state index in [-0.39, 0.29) is 17.9 Å². The molecule has 1 aromatic carbocycles. The van der Waals surface area contributed by atoms with Crippen LogP contribution in [0, 0.1) is 0 Å². The maximum Gasteiger partial charge on any atom is 0.254 e. The highest BCUT2D eigenvalue weighted by Crippen LogP contribution is 2.18. The van der Waals surface area contributed by atoms with Crippen LogP contribution in [0.2, 0.25) is 0 Å². The first-order valence-electron chi connectivity index (χ1n) is 7.39. The number of amides is 2. The Morgan fingerprint density at radius 3 is 2.86 bits per heavy atom. The SMILES string of the molecule is C=C(C)COc1cccc(C(=O)N2CC[C@H](NC(C)=O)C2)c1. The van der Waals surface area contributed by atoms with Gasteiger partial charge in [-0.3, -0.25) is 9.59 Å². The summed E-state index contributed by atoms with van der Waals surface area (Å²) in [5, 5.41) is 2.85. The molecule has 118 valence electrons. The van der Waals surface area contributed by atoms with Crippen molar-refractivity contribution in [3.63, 3.8) is 0 Å². The number of nitrogens with one attached hydrogen (secondary N) is 1. The third-order valence-electron chi connectivity index (χ3n) is 3.45. The molecule has 1 aliphatic rings. The molecule has 0 aromatic heterocycles. The van der Waals surface area contributed by atoms with Crippen LogP contribution >= 0.6 is 0 Å². The molecule has 0 aliphatic carbocycles. The van der Waals surface area contributed by atoms with Gasteiger partial charge in [0.15, 0.2) is 0 Å². The van der Waals surface area contributed by atoms with Crippen LogP contribution in [0.1, 0.15) is 30.6 Å². The molecule has 0 bridgehead atoms. The lowest BCUT2D eigenvalue weighted by Crippen LogP contribution is -2.37. The van der Waals surface area contributed by atoms with Crippen LogP contribution in [-0.2, 0) is 4.79 Å². The van der Waals surface area contributed by atoms with Crippen molar-refractivity contribution in [1.29, 1.82) is 0 Å². The summed E-state index contributed by atoms with van der Waals surface area (Å²) in [7, 11) is 0. The number of carbonyl (C=O) groups excluding carboxylic acids is 2. The quantitative estimate of drug-likeness (QED) is 0.846. The van der Waals surface area contributed by atoms with E-state index in [2.05, 4.69) is 11.9 Å². The maximum atomic E-state index is 12.5. The Morgan fingerprint density at radius 2 is 2.18 bits per heavy atom. The van der Waals surface area contributed by atoms with Crippen LogP contribution < -0.4 is 10.1 Å². The fourth-order valence-corrected chi connectivity index (χ4v) is 2.46. The van der Waals surface area contributed by atoms with E-state index in [0.717, 1.165) is 12.0 Å². The van der Waals surface area contributed by atoms with E-state index >= 15 is 0 Å². The highest BCUT2D eigenvalue weighted by molar-refractivity contribution is 5.94. The summed E-state index contributed by atoms with van der Waals surface area (Å²) in [4.78, 5) is 25.4. The second-order valence-corrected chi connectivity index (χ2v) is 5.71. The topological polar surface area (TPSA) is 58.6 Å². The maximum absolute atomic E-state index is 12.5. The highest BCUT2D eigenvalue weighted by Gasteiger charge is 2.27.